The molecule has 160 valence electrons. The van der Waals surface area contributed by atoms with Crippen LogP contribution in [0.3, 0.4) is 0 Å². The van der Waals surface area contributed by atoms with Crippen LogP contribution in [0.15, 0.2) is 49.1 Å². The fourth-order valence-corrected chi connectivity index (χ4v) is 4.23. The van der Waals surface area contributed by atoms with Gasteiger partial charge in [-0.2, -0.15) is 0 Å². The first kappa shape index (κ1) is 20.8. The zero-order valence-electron chi connectivity index (χ0n) is 17.8. The van der Waals surface area contributed by atoms with E-state index in [4.69, 9.17) is 0 Å². The molecule has 0 bridgehead atoms. The van der Waals surface area contributed by atoms with Crippen LogP contribution in [0, 0.1) is 18.7 Å². The highest BCUT2D eigenvalue weighted by molar-refractivity contribution is 5.90. The molecular weight excluding hydrogens is 395 g/mol. The number of likely N-dealkylation sites (tertiary alicyclic amines) is 1. The van der Waals surface area contributed by atoms with E-state index in [0.29, 0.717) is 23.3 Å². The van der Waals surface area contributed by atoms with Crippen LogP contribution in [-0.2, 0) is 0 Å². The van der Waals surface area contributed by atoms with Crippen molar-refractivity contribution in [1.82, 2.24) is 24.8 Å². The second-order valence-electron chi connectivity index (χ2n) is 8.14. The minimum absolute atomic E-state index is 0.0444. The fraction of sp³-hybridized carbons (Fsp3) is 0.348. The van der Waals surface area contributed by atoms with Gasteiger partial charge in [0, 0.05) is 29.7 Å². The lowest BCUT2D eigenvalue weighted by Gasteiger charge is -2.42. The number of hydrogen-bond acceptors (Lipinski definition) is 5. The summed E-state index contributed by atoms with van der Waals surface area (Å²) >= 11 is 0. The lowest BCUT2D eigenvalue weighted by molar-refractivity contribution is 0.0959. The van der Waals surface area contributed by atoms with Gasteiger partial charge in [-0.15, -0.1) is 0 Å². The van der Waals surface area contributed by atoms with E-state index in [0.717, 1.165) is 36.4 Å². The molecule has 8 heteroatoms. The molecule has 3 atom stereocenters. The summed E-state index contributed by atoms with van der Waals surface area (Å²) in [6.45, 7) is 6.17. The summed E-state index contributed by atoms with van der Waals surface area (Å²) in [7, 11) is 0. The molecular formula is C23H25FN6O. The molecule has 0 aliphatic carbocycles. The molecule has 1 aromatic carbocycles. The van der Waals surface area contributed by atoms with E-state index in [1.165, 1.54) is 0 Å². The first-order valence-corrected chi connectivity index (χ1v) is 10.4. The number of piperidine rings is 1. The van der Waals surface area contributed by atoms with Crippen LogP contribution in [-0.4, -0.2) is 36.9 Å². The predicted octanol–water partition coefficient (Wildman–Crippen LogP) is 4.77. The van der Waals surface area contributed by atoms with Crippen molar-refractivity contribution in [3.63, 3.8) is 0 Å². The zero-order valence-corrected chi connectivity index (χ0v) is 17.8. The van der Waals surface area contributed by atoms with Gasteiger partial charge in [0.25, 0.3) is 0 Å². The van der Waals surface area contributed by atoms with Crippen LogP contribution in [0.5, 0.6) is 0 Å². The Morgan fingerprint density at radius 3 is 2.52 bits per heavy atom. The maximum absolute atomic E-state index is 13.3. The molecule has 0 saturated carbocycles. The first-order valence-electron chi connectivity index (χ1n) is 10.4. The molecule has 2 aromatic heterocycles. The number of carbonyl (C=O) groups is 1. The molecule has 1 unspecified atom stereocenters. The third kappa shape index (κ3) is 4.52. The summed E-state index contributed by atoms with van der Waals surface area (Å²) in [5.41, 5.74) is 2.29. The number of rotatable bonds is 3. The Morgan fingerprint density at radius 1 is 1.10 bits per heavy atom. The topological polar surface area (TPSA) is 83.9 Å². The van der Waals surface area contributed by atoms with Gasteiger partial charge in [0.15, 0.2) is 17.5 Å². The van der Waals surface area contributed by atoms with Gasteiger partial charge in [0.2, 0.25) is 0 Å². The summed E-state index contributed by atoms with van der Waals surface area (Å²) in [4.78, 5) is 32.1. The lowest BCUT2D eigenvalue weighted by Crippen LogP contribution is -2.48. The summed E-state index contributed by atoms with van der Waals surface area (Å²) in [5, 5.41) is 3.01. The molecule has 3 heterocycles. The minimum Gasteiger partial charge on any atom is -0.312 e. The second-order valence-corrected chi connectivity index (χ2v) is 8.14. The number of urea groups is 1. The second kappa shape index (κ2) is 8.75. The average Bonchev–Trinajstić information content (AvgIpc) is 2.75. The first-order chi connectivity index (χ1) is 14.9. The van der Waals surface area contributed by atoms with E-state index in [9.17, 15) is 9.18 Å². The van der Waals surface area contributed by atoms with Gasteiger partial charge in [-0.25, -0.2) is 29.1 Å². The van der Waals surface area contributed by atoms with Crippen molar-refractivity contribution in [3.05, 3.63) is 66.3 Å². The molecule has 1 N–H and O–H groups in total. The molecule has 4 rings (SSSR count). The van der Waals surface area contributed by atoms with Crippen molar-refractivity contribution in [2.45, 2.75) is 45.7 Å². The molecule has 1 aliphatic rings. The van der Waals surface area contributed by atoms with E-state index >= 15 is 0 Å². The molecule has 3 aromatic rings. The van der Waals surface area contributed by atoms with Gasteiger partial charge in [-0.3, -0.25) is 0 Å². The van der Waals surface area contributed by atoms with Gasteiger partial charge in [0.05, 0.1) is 18.4 Å². The Kier molecular flexibility index (Phi) is 5.88. The fourth-order valence-electron chi connectivity index (χ4n) is 4.23. The number of anilines is 1. The number of nitrogens with zero attached hydrogens (tertiary/aromatic N) is 5. The van der Waals surface area contributed by atoms with Crippen LogP contribution in [0.4, 0.5) is 14.9 Å². The Balaban J connectivity index is 1.60. The maximum atomic E-state index is 13.3. The van der Waals surface area contributed by atoms with Crippen molar-refractivity contribution in [3.8, 4) is 11.4 Å². The van der Waals surface area contributed by atoms with Gasteiger partial charge in [0.1, 0.15) is 0 Å². The van der Waals surface area contributed by atoms with Crippen LogP contribution < -0.4 is 5.32 Å². The van der Waals surface area contributed by atoms with Gasteiger partial charge in [-0.1, -0.05) is 13.0 Å². The summed E-state index contributed by atoms with van der Waals surface area (Å²) in [6, 6.07) is 6.96. The van der Waals surface area contributed by atoms with Gasteiger partial charge >= 0.3 is 6.03 Å². The minimum atomic E-state index is -0.492. The Bertz CT molecular complexity index is 1060. The highest BCUT2D eigenvalue weighted by Gasteiger charge is 2.37. The summed E-state index contributed by atoms with van der Waals surface area (Å²) in [6.07, 6.45) is 7.40. The monoisotopic (exact) mass is 420 g/mol. The number of aryl methyl sites for hydroxylation is 1. The van der Waals surface area contributed by atoms with Gasteiger partial charge in [-0.05, 0) is 56.4 Å². The standard InChI is InChI=1S/C23H25FN6O/c1-14-9-16(3)30(20(10-14)22-25-7-4-8-26-22)23(31)29-18-6-5-15(2)19(11-18)21-27-12-17(24)13-28-21/h4-8,11-14,16,20H,9-10H2,1-3H3,(H,29,31)/t14-,16+,20?/m0/s1. The highest BCUT2D eigenvalue weighted by Crippen LogP contribution is 2.36. The number of benzene rings is 1. The van der Waals surface area contributed by atoms with Crippen molar-refractivity contribution in [2.75, 3.05) is 5.32 Å². The number of halogens is 1. The van der Waals surface area contributed by atoms with Crippen LogP contribution in [0.25, 0.3) is 11.4 Å². The Labute approximate surface area is 180 Å². The quantitative estimate of drug-likeness (QED) is 0.660. The molecule has 1 saturated heterocycles. The number of hydrogen-bond donors (Lipinski definition) is 1. The van der Waals surface area contributed by atoms with Crippen molar-refractivity contribution in [2.24, 2.45) is 5.92 Å². The number of nitrogens with one attached hydrogen (secondary N) is 1. The molecule has 0 radical (unpaired) electrons. The molecule has 0 spiro atoms. The molecule has 1 fully saturated rings. The van der Waals surface area contributed by atoms with E-state index in [1.54, 1.807) is 18.5 Å². The number of carbonyl (C=O) groups excluding carboxylic acids is 1. The third-order valence-electron chi connectivity index (χ3n) is 5.65. The Morgan fingerprint density at radius 2 is 1.81 bits per heavy atom. The lowest BCUT2D eigenvalue weighted by atomic mass is 9.87. The average molecular weight is 420 g/mol. The summed E-state index contributed by atoms with van der Waals surface area (Å²) < 4.78 is 13.2. The maximum Gasteiger partial charge on any atom is 0.322 e. The van der Waals surface area contributed by atoms with Crippen LogP contribution in [0.1, 0.15) is 44.1 Å². The highest BCUT2D eigenvalue weighted by atomic mass is 19.1. The molecule has 31 heavy (non-hydrogen) atoms. The molecule has 7 nitrogen and oxygen atoms in total. The molecule has 2 amide bonds. The van der Waals surface area contributed by atoms with E-state index in [2.05, 4.69) is 39.1 Å². The zero-order chi connectivity index (χ0) is 22.0. The normalized spacial score (nSPS) is 21.0. The van der Waals surface area contributed by atoms with E-state index < -0.39 is 5.82 Å². The van der Waals surface area contributed by atoms with Crippen molar-refractivity contribution >= 4 is 11.7 Å². The smallest absolute Gasteiger partial charge is 0.312 e. The van der Waals surface area contributed by atoms with E-state index in [1.807, 2.05) is 30.0 Å². The molecule has 1 aliphatic heterocycles. The van der Waals surface area contributed by atoms with Crippen molar-refractivity contribution in [1.29, 1.82) is 0 Å². The summed E-state index contributed by atoms with van der Waals surface area (Å²) in [5.74, 6) is 1.04. The Hall–Kier alpha value is -3.42. The number of amides is 2. The van der Waals surface area contributed by atoms with Crippen molar-refractivity contribution < 1.29 is 9.18 Å². The van der Waals surface area contributed by atoms with E-state index in [-0.39, 0.29) is 18.1 Å². The largest absolute Gasteiger partial charge is 0.322 e. The SMILES string of the molecule is Cc1ccc(NC(=O)N2C(c3ncccn3)C[C@@H](C)C[C@H]2C)cc1-c1ncc(F)cn1. The third-order valence-corrected chi connectivity index (χ3v) is 5.65. The van der Waals surface area contributed by atoms with Crippen LogP contribution in [0.2, 0.25) is 0 Å². The van der Waals surface area contributed by atoms with Gasteiger partial charge < -0.3 is 10.2 Å². The predicted molar refractivity (Wildman–Crippen MR) is 116 cm³/mol. The van der Waals surface area contributed by atoms with Crippen LogP contribution >= 0.6 is 0 Å². The number of aromatic nitrogens is 4.